The van der Waals surface area contributed by atoms with Gasteiger partial charge in [-0.15, -0.1) is 0 Å². The van der Waals surface area contributed by atoms with Gasteiger partial charge in [-0.2, -0.15) is 0 Å². The summed E-state index contributed by atoms with van der Waals surface area (Å²) in [5, 5.41) is 6.60. The summed E-state index contributed by atoms with van der Waals surface area (Å²) < 4.78 is 5.27. The van der Waals surface area contributed by atoms with Gasteiger partial charge in [-0.25, -0.2) is 9.97 Å². The highest BCUT2D eigenvalue weighted by Crippen LogP contribution is 2.31. The van der Waals surface area contributed by atoms with E-state index < -0.39 is 0 Å². The Bertz CT molecular complexity index is 1020. The van der Waals surface area contributed by atoms with E-state index in [0.29, 0.717) is 5.75 Å². The fraction of sp³-hybridized carbons (Fsp3) is 0.304. The lowest BCUT2D eigenvalue weighted by Gasteiger charge is -2.27. The first kappa shape index (κ1) is 19.7. The number of hydrogen-bond donors (Lipinski definition) is 1. The molecule has 4 rings (SSSR count). The van der Waals surface area contributed by atoms with Crippen molar-refractivity contribution in [3.8, 4) is 5.75 Å². The maximum absolute atomic E-state index is 6.24. The lowest BCUT2D eigenvalue weighted by atomic mass is 9.94. The Kier molecular flexibility index (Phi) is 6.27. The fourth-order valence-electron chi connectivity index (χ4n) is 3.79. The Labute approximate surface area is 176 Å². The van der Waals surface area contributed by atoms with Crippen molar-refractivity contribution in [1.82, 2.24) is 14.9 Å². The van der Waals surface area contributed by atoms with Gasteiger partial charge in [0.15, 0.2) is 11.6 Å². The van der Waals surface area contributed by atoms with Crippen LogP contribution in [-0.4, -0.2) is 48.2 Å². The topological polar surface area (TPSA) is 50.3 Å². The molecule has 0 fully saturated rings. The van der Waals surface area contributed by atoms with E-state index in [9.17, 15) is 0 Å². The van der Waals surface area contributed by atoms with E-state index in [4.69, 9.17) is 16.3 Å². The van der Waals surface area contributed by atoms with Crippen LogP contribution in [0.4, 0.5) is 5.82 Å². The smallest absolute Gasteiger partial charge is 0.179 e. The summed E-state index contributed by atoms with van der Waals surface area (Å²) in [6.45, 7) is 3.94. The minimum atomic E-state index is 0.674. The zero-order chi connectivity index (χ0) is 20.1. The van der Waals surface area contributed by atoms with Crippen LogP contribution < -0.4 is 10.1 Å². The summed E-state index contributed by atoms with van der Waals surface area (Å²) >= 11 is 6.24. The van der Waals surface area contributed by atoms with Crippen LogP contribution >= 0.6 is 11.6 Å². The Morgan fingerprint density at radius 3 is 3.00 bits per heavy atom. The molecule has 150 valence electrons. The number of benzene rings is 2. The van der Waals surface area contributed by atoms with Gasteiger partial charge in [0.25, 0.3) is 0 Å². The molecule has 2 aromatic carbocycles. The summed E-state index contributed by atoms with van der Waals surface area (Å²) in [6.07, 6.45) is 7.66. The number of anilines is 1. The third-order valence-corrected chi connectivity index (χ3v) is 5.56. The number of halogens is 1. The predicted molar refractivity (Wildman–Crippen MR) is 120 cm³/mol. The monoisotopic (exact) mass is 408 g/mol. The molecule has 2 heterocycles. The van der Waals surface area contributed by atoms with Gasteiger partial charge >= 0.3 is 0 Å². The third-order valence-electron chi connectivity index (χ3n) is 5.33. The molecule has 0 aliphatic carbocycles. The maximum atomic E-state index is 6.24. The van der Waals surface area contributed by atoms with E-state index in [2.05, 4.69) is 56.6 Å². The van der Waals surface area contributed by atoms with E-state index >= 15 is 0 Å². The van der Waals surface area contributed by atoms with Crippen LogP contribution in [0.15, 0.2) is 55.0 Å². The number of aromatic nitrogens is 2. The molecule has 1 aliphatic heterocycles. The van der Waals surface area contributed by atoms with Crippen molar-refractivity contribution < 1.29 is 4.74 Å². The first-order valence-corrected chi connectivity index (χ1v) is 10.3. The van der Waals surface area contributed by atoms with E-state index in [1.807, 2.05) is 6.07 Å². The van der Waals surface area contributed by atoms with Gasteiger partial charge in [0.1, 0.15) is 6.33 Å². The van der Waals surface area contributed by atoms with Crippen molar-refractivity contribution in [2.45, 2.75) is 12.8 Å². The van der Waals surface area contributed by atoms with Crippen molar-refractivity contribution in [1.29, 1.82) is 0 Å². The molecule has 0 saturated carbocycles. The van der Waals surface area contributed by atoms with Crippen LogP contribution in [0.3, 0.4) is 0 Å². The van der Waals surface area contributed by atoms with E-state index in [0.717, 1.165) is 49.9 Å². The third kappa shape index (κ3) is 4.69. The number of fused-ring (bicyclic) bond motifs is 1. The minimum Gasteiger partial charge on any atom is -0.491 e. The Hall–Kier alpha value is -2.63. The second kappa shape index (κ2) is 9.25. The molecule has 6 heteroatoms. The van der Waals surface area contributed by atoms with Gasteiger partial charge in [-0.1, -0.05) is 41.9 Å². The van der Waals surface area contributed by atoms with Gasteiger partial charge in [0.05, 0.1) is 13.3 Å². The van der Waals surface area contributed by atoms with Crippen molar-refractivity contribution >= 4 is 33.8 Å². The largest absolute Gasteiger partial charge is 0.491 e. The molecule has 5 nitrogen and oxygen atoms in total. The average Bonchev–Trinajstić information content (AvgIpc) is 2.77. The summed E-state index contributed by atoms with van der Waals surface area (Å²) in [4.78, 5) is 10.7. The SMILES string of the molecule is COc1cncnc1NCCCN1CC=C(c2cccc3ccc(Cl)cc23)CC1. The highest BCUT2D eigenvalue weighted by Gasteiger charge is 2.14. The molecule has 1 N–H and O–H groups in total. The van der Waals surface area contributed by atoms with Crippen LogP contribution in [0.5, 0.6) is 5.75 Å². The normalized spacial score (nSPS) is 14.6. The van der Waals surface area contributed by atoms with Gasteiger partial charge in [-0.3, -0.25) is 4.90 Å². The Balaban J connectivity index is 1.33. The van der Waals surface area contributed by atoms with Crippen LogP contribution in [0, 0.1) is 0 Å². The zero-order valence-electron chi connectivity index (χ0n) is 16.6. The van der Waals surface area contributed by atoms with Crippen molar-refractivity contribution in [2.75, 3.05) is 38.6 Å². The average molecular weight is 409 g/mol. The lowest BCUT2D eigenvalue weighted by Crippen LogP contribution is -2.30. The van der Waals surface area contributed by atoms with Crippen molar-refractivity contribution in [3.05, 3.63) is 65.6 Å². The number of rotatable bonds is 7. The Morgan fingerprint density at radius 1 is 1.24 bits per heavy atom. The molecule has 0 atom stereocenters. The van der Waals surface area contributed by atoms with Crippen LogP contribution in [0.25, 0.3) is 16.3 Å². The van der Waals surface area contributed by atoms with Crippen molar-refractivity contribution in [2.24, 2.45) is 0 Å². The highest BCUT2D eigenvalue weighted by atomic mass is 35.5. The zero-order valence-corrected chi connectivity index (χ0v) is 17.3. The number of hydrogen-bond acceptors (Lipinski definition) is 5. The fourth-order valence-corrected chi connectivity index (χ4v) is 3.96. The second-order valence-electron chi connectivity index (χ2n) is 7.17. The van der Waals surface area contributed by atoms with Crippen molar-refractivity contribution in [3.63, 3.8) is 0 Å². The van der Waals surface area contributed by atoms with Gasteiger partial charge in [-0.05, 0) is 46.9 Å². The summed E-state index contributed by atoms with van der Waals surface area (Å²) in [5.74, 6) is 1.42. The number of nitrogens with zero attached hydrogens (tertiary/aromatic N) is 3. The van der Waals surface area contributed by atoms with E-state index in [-0.39, 0.29) is 0 Å². The van der Waals surface area contributed by atoms with Crippen LogP contribution in [-0.2, 0) is 0 Å². The van der Waals surface area contributed by atoms with Gasteiger partial charge in [0.2, 0.25) is 0 Å². The molecule has 3 aromatic rings. The molecule has 29 heavy (non-hydrogen) atoms. The number of ether oxygens (including phenoxy) is 1. The molecule has 0 radical (unpaired) electrons. The molecule has 0 amide bonds. The summed E-state index contributed by atoms with van der Waals surface area (Å²) in [6, 6.07) is 12.6. The Morgan fingerprint density at radius 2 is 2.17 bits per heavy atom. The standard InChI is InChI=1S/C23H25ClN4O/c1-29-22-15-25-16-27-23(22)26-10-3-11-28-12-8-18(9-13-28)20-5-2-4-17-6-7-19(24)14-21(17)20/h2,4-8,14-16H,3,9-13H2,1H3,(H,25,26,27). The molecule has 1 aromatic heterocycles. The van der Waals surface area contributed by atoms with Gasteiger partial charge < -0.3 is 10.1 Å². The molecule has 0 saturated heterocycles. The van der Waals surface area contributed by atoms with E-state index in [1.165, 1.54) is 28.2 Å². The maximum Gasteiger partial charge on any atom is 0.179 e. The van der Waals surface area contributed by atoms with E-state index in [1.54, 1.807) is 13.3 Å². The van der Waals surface area contributed by atoms with Crippen LogP contribution in [0.2, 0.25) is 5.02 Å². The first-order valence-electron chi connectivity index (χ1n) is 9.92. The second-order valence-corrected chi connectivity index (χ2v) is 7.61. The molecule has 0 bridgehead atoms. The van der Waals surface area contributed by atoms with Crippen LogP contribution in [0.1, 0.15) is 18.4 Å². The molecular formula is C23H25ClN4O. The lowest BCUT2D eigenvalue weighted by molar-refractivity contribution is 0.301. The molecule has 0 unspecified atom stereocenters. The molecular weight excluding hydrogens is 384 g/mol. The molecule has 0 spiro atoms. The first-order chi connectivity index (χ1) is 14.2. The summed E-state index contributed by atoms with van der Waals surface area (Å²) in [7, 11) is 1.63. The number of methoxy groups -OCH3 is 1. The predicted octanol–water partition coefficient (Wildman–Crippen LogP) is 4.88. The quantitative estimate of drug-likeness (QED) is 0.564. The van der Waals surface area contributed by atoms with Gasteiger partial charge in [0, 0.05) is 31.2 Å². The molecule has 1 aliphatic rings. The minimum absolute atomic E-state index is 0.674. The number of nitrogens with one attached hydrogen (secondary N) is 1. The summed E-state index contributed by atoms with van der Waals surface area (Å²) in [5.41, 5.74) is 2.72. The highest BCUT2D eigenvalue weighted by molar-refractivity contribution is 6.31.